The third kappa shape index (κ3) is 3.07. The molecule has 10 heteroatoms. The van der Waals surface area contributed by atoms with E-state index < -0.39 is 21.0 Å². The maximum absolute atomic E-state index is 11.7. The van der Waals surface area contributed by atoms with Crippen LogP contribution in [0.4, 0.5) is 0 Å². The molecule has 0 aliphatic heterocycles. The highest BCUT2D eigenvalue weighted by Crippen LogP contribution is 2.21. The Morgan fingerprint density at radius 2 is 2.33 bits per heavy atom. The average molecular weight is 295 g/mol. The van der Waals surface area contributed by atoms with E-state index in [0.29, 0.717) is 0 Å². The minimum Gasteiger partial charge on any atom is -0.269 e. The summed E-state index contributed by atoms with van der Waals surface area (Å²) in [5.41, 5.74) is 1.63. The number of aromatic nitrogens is 2. The standard InChI is InChI=1S/C8H11ClN4O4S/c1-3-4-17-12-7(14)5-6(9)11-13(2)8(5)18(10,15)16/h3H,1,4H2,2H3,(H,12,14)(H2,10,15,16). The Morgan fingerprint density at radius 3 is 2.83 bits per heavy atom. The Hall–Kier alpha value is -1.42. The molecule has 100 valence electrons. The molecule has 8 nitrogen and oxygen atoms in total. The summed E-state index contributed by atoms with van der Waals surface area (Å²) in [5, 5.41) is 7.81. The highest BCUT2D eigenvalue weighted by atomic mass is 35.5. The second-order valence-electron chi connectivity index (χ2n) is 3.17. The number of nitrogens with zero attached hydrogens (tertiary/aromatic N) is 2. The average Bonchev–Trinajstić information content (AvgIpc) is 2.53. The predicted octanol–water partition coefficient (Wildman–Crippen LogP) is -0.432. The maximum Gasteiger partial charge on any atom is 0.281 e. The number of nitrogens with one attached hydrogen (secondary N) is 1. The first-order chi connectivity index (χ1) is 8.29. The van der Waals surface area contributed by atoms with Gasteiger partial charge in [-0.25, -0.2) is 19.0 Å². The number of rotatable bonds is 5. The zero-order valence-electron chi connectivity index (χ0n) is 9.38. The molecule has 0 radical (unpaired) electrons. The summed E-state index contributed by atoms with van der Waals surface area (Å²) in [7, 11) is -2.84. The Labute approximate surface area is 108 Å². The van der Waals surface area contributed by atoms with Gasteiger partial charge in [0.1, 0.15) is 5.56 Å². The first-order valence-electron chi connectivity index (χ1n) is 4.57. The zero-order chi connectivity index (χ0) is 13.9. The van der Waals surface area contributed by atoms with E-state index in [1.165, 1.54) is 13.1 Å². The van der Waals surface area contributed by atoms with Crippen LogP contribution in [0.5, 0.6) is 0 Å². The number of hydrogen-bond donors (Lipinski definition) is 2. The fourth-order valence-electron chi connectivity index (χ4n) is 1.21. The molecule has 0 spiro atoms. The molecular weight excluding hydrogens is 284 g/mol. The van der Waals surface area contributed by atoms with Gasteiger partial charge in [-0.1, -0.05) is 17.7 Å². The van der Waals surface area contributed by atoms with Crippen LogP contribution in [-0.4, -0.2) is 30.7 Å². The second kappa shape index (κ2) is 5.48. The number of halogens is 1. The van der Waals surface area contributed by atoms with Gasteiger partial charge in [-0.3, -0.25) is 14.3 Å². The van der Waals surface area contributed by atoms with Crippen LogP contribution in [0.2, 0.25) is 5.15 Å². The SMILES string of the molecule is C=CCONC(=O)c1c(Cl)nn(C)c1S(N)(=O)=O. The summed E-state index contributed by atoms with van der Waals surface area (Å²) in [6.45, 7) is 3.42. The molecule has 1 aromatic rings. The summed E-state index contributed by atoms with van der Waals surface area (Å²) >= 11 is 5.68. The molecule has 0 aliphatic carbocycles. The fourth-order valence-corrected chi connectivity index (χ4v) is 2.44. The Bertz CT molecular complexity index is 580. The first kappa shape index (κ1) is 14.6. The summed E-state index contributed by atoms with van der Waals surface area (Å²) < 4.78 is 23.6. The molecule has 0 aromatic carbocycles. The van der Waals surface area contributed by atoms with Crippen molar-refractivity contribution >= 4 is 27.5 Å². The largest absolute Gasteiger partial charge is 0.281 e. The monoisotopic (exact) mass is 294 g/mol. The van der Waals surface area contributed by atoms with Crippen molar-refractivity contribution in [2.45, 2.75) is 5.03 Å². The molecule has 0 fully saturated rings. The number of aryl methyl sites for hydroxylation is 1. The van der Waals surface area contributed by atoms with E-state index in [1.807, 2.05) is 5.48 Å². The van der Waals surface area contributed by atoms with Crippen molar-refractivity contribution in [3.63, 3.8) is 0 Å². The third-order valence-electron chi connectivity index (χ3n) is 1.81. The molecule has 0 atom stereocenters. The van der Waals surface area contributed by atoms with Crippen LogP contribution >= 0.6 is 11.6 Å². The van der Waals surface area contributed by atoms with Crippen molar-refractivity contribution in [2.75, 3.05) is 6.61 Å². The number of hydroxylamine groups is 1. The minimum absolute atomic E-state index is 0.0499. The molecule has 1 aromatic heterocycles. The van der Waals surface area contributed by atoms with Gasteiger partial charge in [0, 0.05) is 7.05 Å². The Kier molecular flexibility index (Phi) is 4.46. The van der Waals surface area contributed by atoms with Gasteiger partial charge in [0.25, 0.3) is 15.9 Å². The highest BCUT2D eigenvalue weighted by Gasteiger charge is 2.28. The zero-order valence-corrected chi connectivity index (χ0v) is 11.0. The molecule has 1 rings (SSSR count). The third-order valence-corrected chi connectivity index (χ3v) is 3.09. The second-order valence-corrected chi connectivity index (χ2v) is 5.01. The van der Waals surface area contributed by atoms with Gasteiger partial charge >= 0.3 is 0 Å². The van der Waals surface area contributed by atoms with Crippen molar-refractivity contribution in [1.29, 1.82) is 0 Å². The molecule has 0 aliphatic rings. The van der Waals surface area contributed by atoms with Crippen LogP contribution in [0.1, 0.15) is 10.4 Å². The number of sulfonamides is 1. The molecule has 0 unspecified atom stereocenters. The van der Waals surface area contributed by atoms with Crippen LogP contribution < -0.4 is 10.6 Å². The van der Waals surface area contributed by atoms with Crippen LogP contribution in [0.15, 0.2) is 17.7 Å². The van der Waals surface area contributed by atoms with E-state index in [2.05, 4.69) is 16.5 Å². The van der Waals surface area contributed by atoms with Gasteiger partial charge < -0.3 is 0 Å². The lowest BCUT2D eigenvalue weighted by Gasteiger charge is -2.05. The number of primary sulfonamides is 1. The van der Waals surface area contributed by atoms with Crippen molar-refractivity contribution < 1.29 is 18.0 Å². The van der Waals surface area contributed by atoms with Gasteiger partial charge in [-0.05, 0) is 0 Å². The van der Waals surface area contributed by atoms with Gasteiger partial charge in [0.05, 0.1) is 6.61 Å². The number of amides is 1. The Balaban J connectivity index is 3.16. The number of hydrogen-bond acceptors (Lipinski definition) is 5. The highest BCUT2D eigenvalue weighted by molar-refractivity contribution is 7.89. The molecule has 0 saturated carbocycles. The first-order valence-corrected chi connectivity index (χ1v) is 6.49. The molecule has 0 bridgehead atoms. The number of carbonyl (C=O) groups is 1. The smallest absolute Gasteiger partial charge is 0.269 e. The maximum atomic E-state index is 11.7. The normalized spacial score (nSPS) is 11.3. The molecule has 18 heavy (non-hydrogen) atoms. The van der Waals surface area contributed by atoms with Crippen molar-refractivity contribution in [2.24, 2.45) is 12.2 Å². The minimum atomic E-state index is -4.14. The lowest BCUT2D eigenvalue weighted by Crippen LogP contribution is -2.27. The fraction of sp³-hybridized carbons (Fsp3) is 0.250. The topological polar surface area (TPSA) is 116 Å². The van der Waals surface area contributed by atoms with Gasteiger partial charge in [0.15, 0.2) is 10.2 Å². The van der Waals surface area contributed by atoms with Crippen molar-refractivity contribution in [3.8, 4) is 0 Å². The predicted molar refractivity (Wildman–Crippen MR) is 63.2 cm³/mol. The van der Waals surface area contributed by atoms with Gasteiger partial charge in [-0.15, -0.1) is 6.58 Å². The van der Waals surface area contributed by atoms with Crippen LogP contribution in [0.3, 0.4) is 0 Å². The van der Waals surface area contributed by atoms with Crippen molar-refractivity contribution in [1.82, 2.24) is 15.3 Å². The lowest BCUT2D eigenvalue weighted by atomic mass is 10.3. The molecule has 1 amide bonds. The van der Waals surface area contributed by atoms with Crippen LogP contribution in [0, 0.1) is 0 Å². The summed E-state index contributed by atoms with van der Waals surface area (Å²) in [6.07, 6.45) is 1.39. The van der Waals surface area contributed by atoms with E-state index in [9.17, 15) is 13.2 Å². The van der Waals surface area contributed by atoms with E-state index in [-0.39, 0.29) is 17.3 Å². The van der Waals surface area contributed by atoms with Crippen LogP contribution in [0.25, 0.3) is 0 Å². The molecule has 3 N–H and O–H groups in total. The Morgan fingerprint density at radius 1 is 1.72 bits per heavy atom. The quantitative estimate of drug-likeness (QED) is 0.434. The summed E-state index contributed by atoms with van der Waals surface area (Å²) in [6, 6.07) is 0. The summed E-state index contributed by atoms with van der Waals surface area (Å²) in [5.74, 6) is -0.862. The van der Waals surface area contributed by atoms with E-state index >= 15 is 0 Å². The lowest BCUT2D eigenvalue weighted by molar-refractivity contribution is 0.0418. The van der Waals surface area contributed by atoms with E-state index in [4.69, 9.17) is 16.7 Å². The summed E-state index contributed by atoms with van der Waals surface area (Å²) in [4.78, 5) is 16.4. The van der Waals surface area contributed by atoms with E-state index in [1.54, 1.807) is 0 Å². The molecular formula is C8H11ClN4O4S. The number of carbonyl (C=O) groups excluding carboxylic acids is 1. The van der Waals surface area contributed by atoms with Crippen LogP contribution in [-0.2, 0) is 21.9 Å². The van der Waals surface area contributed by atoms with Gasteiger partial charge in [0.2, 0.25) is 0 Å². The molecule has 1 heterocycles. The molecule has 0 saturated heterocycles. The van der Waals surface area contributed by atoms with Gasteiger partial charge in [-0.2, -0.15) is 5.10 Å². The number of nitrogens with two attached hydrogens (primary N) is 1. The van der Waals surface area contributed by atoms with E-state index in [0.717, 1.165) is 4.68 Å². The van der Waals surface area contributed by atoms with Crippen molar-refractivity contribution in [3.05, 3.63) is 23.4 Å².